The first kappa shape index (κ1) is 18.9. The molecule has 1 heterocycles. The third-order valence-electron chi connectivity index (χ3n) is 5.85. The molecule has 2 heteroatoms. The molecule has 0 radical (unpaired) electrons. The van der Waals surface area contributed by atoms with Crippen molar-refractivity contribution >= 4 is 12.2 Å². The monoisotopic (exact) mass is 328 g/mol. The van der Waals surface area contributed by atoms with E-state index in [1.165, 1.54) is 48.2 Å². The predicted octanol–water partition coefficient (Wildman–Crippen LogP) is 4.43. The first-order valence-corrected chi connectivity index (χ1v) is 9.63. The molecule has 0 spiro atoms. The lowest BCUT2D eigenvalue weighted by Crippen LogP contribution is -2.46. The number of aromatic nitrogens is 1. The number of hydrogen-bond acceptors (Lipinski definition) is 1. The van der Waals surface area contributed by atoms with Crippen LogP contribution in [0, 0.1) is 11.3 Å². The van der Waals surface area contributed by atoms with Gasteiger partial charge in [0.15, 0.2) is 0 Å². The second kappa shape index (κ2) is 8.09. The van der Waals surface area contributed by atoms with Crippen molar-refractivity contribution < 1.29 is 0 Å². The highest BCUT2D eigenvalue weighted by molar-refractivity contribution is 5.33. The van der Waals surface area contributed by atoms with Crippen LogP contribution in [-0.4, -0.2) is 11.0 Å². The number of aromatic amines is 1. The van der Waals surface area contributed by atoms with E-state index in [0.717, 1.165) is 5.92 Å². The lowest BCUT2D eigenvalue weighted by Gasteiger charge is -2.47. The summed E-state index contributed by atoms with van der Waals surface area (Å²) in [4.78, 5) is 3.45. The Kier molecular flexibility index (Phi) is 6.37. The van der Waals surface area contributed by atoms with E-state index in [4.69, 9.17) is 0 Å². The fourth-order valence-electron chi connectivity index (χ4n) is 4.87. The highest BCUT2D eigenvalue weighted by Crippen LogP contribution is 2.46. The third-order valence-corrected chi connectivity index (χ3v) is 5.85. The van der Waals surface area contributed by atoms with E-state index >= 15 is 0 Å². The van der Waals surface area contributed by atoms with Crippen LogP contribution in [0.15, 0.2) is 19.0 Å². The van der Waals surface area contributed by atoms with Gasteiger partial charge in [0.1, 0.15) is 0 Å². The molecule has 2 rings (SSSR count). The molecule has 1 aromatic rings. The van der Waals surface area contributed by atoms with Crippen LogP contribution < -0.4 is 15.9 Å². The summed E-state index contributed by atoms with van der Waals surface area (Å²) in [6, 6.07) is 0.648. The quantitative estimate of drug-likeness (QED) is 0.726. The minimum atomic E-state index is 0.512. The molecule has 1 aliphatic carbocycles. The van der Waals surface area contributed by atoms with Crippen LogP contribution in [0.5, 0.6) is 0 Å². The summed E-state index contributed by atoms with van der Waals surface area (Å²) in [7, 11) is 0. The Morgan fingerprint density at radius 1 is 1.38 bits per heavy atom. The topological polar surface area (TPSA) is 27.8 Å². The maximum absolute atomic E-state index is 3.78. The fourth-order valence-corrected chi connectivity index (χ4v) is 4.87. The van der Waals surface area contributed by atoms with E-state index in [9.17, 15) is 0 Å². The van der Waals surface area contributed by atoms with Crippen LogP contribution in [0.25, 0.3) is 12.2 Å². The number of hydrogen-bond donors (Lipinski definition) is 2. The predicted molar refractivity (Wildman–Crippen MR) is 106 cm³/mol. The average molecular weight is 329 g/mol. The summed E-state index contributed by atoms with van der Waals surface area (Å²) in [6.07, 6.45) is 14.9. The summed E-state index contributed by atoms with van der Waals surface area (Å²) in [5.41, 5.74) is 2.02. The van der Waals surface area contributed by atoms with Gasteiger partial charge in [0.2, 0.25) is 0 Å². The first-order valence-electron chi connectivity index (χ1n) is 9.63. The Labute approximate surface area is 148 Å². The summed E-state index contributed by atoms with van der Waals surface area (Å²) < 4.78 is 0. The maximum atomic E-state index is 3.78. The Morgan fingerprint density at radius 3 is 2.62 bits per heavy atom. The van der Waals surface area contributed by atoms with Gasteiger partial charge in [0, 0.05) is 17.6 Å². The zero-order valence-electron chi connectivity index (χ0n) is 16.3. The van der Waals surface area contributed by atoms with Crippen LogP contribution in [0.4, 0.5) is 0 Å². The molecule has 2 N–H and O–H groups in total. The van der Waals surface area contributed by atoms with E-state index in [0.29, 0.717) is 17.4 Å². The third kappa shape index (κ3) is 4.15. The molecule has 0 aliphatic heterocycles. The molecule has 1 saturated carbocycles. The lowest BCUT2D eigenvalue weighted by atomic mass is 9.62. The molecule has 134 valence electrons. The lowest BCUT2D eigenvalue weighted by molar-refractivity contribution is 0.0787. The van der Waals surface area contributed by atoms with E-state index in [2.05, 4.69) is 69.8 Å². The largest absolute Gasteiger partial charge is 0.389 e. The van der Waals surface area contributed by atoms with Crippen molar-refractivity contribution in [2.24, 2.45) is 11.3 Å². The molecule has 0 aromatic carbocycles. The molecular weight excluding hydrogens is 292 g/mol. The van der Waals surface area contributed by atoms with Gasteiger partial charge in [0.25, 0.3) is 0 Å². The van der Waals surface area contributed by atoms with E-state index < -0.39 is 0 Å². The van der Waals surface area contributed by atoms with Gasteiger partial charge in [-0.25, -0.2) is 0 Å². The van der Waals surface area contributed by atoms with Crippen molar-refractivity contribution in [3.63, 3.8) is 0 Å². The molecule has 2 atom stereocenters. The van der Waals surface area contributed by atoms with Gasteiger partial charge in [-0.3, -0.25) is 0 Å². The first-order chi connectivity index (χ1) is 11.5. The van der Waals surface area contributed by atoms with Crippen molar-refractivity contribution in [1.29, 1.82) is 0 Å². The van der Waals surface area contributed by atoms with Crippen molar-refractivity contribution in [2.45, 2.75) is 78.7 Å². The highest BCUT2D eigenvalue weighted by atomic mass is 14.9. The van der Waals surface area contributed by atoms with E-state index in [1.807, 2.05) is 6.20 Å². The molecular formula is C22H36N2. The Hall–Kier alpha value is -1.44. The zero-order chi connectivity index (χ0) is 17.7. The van der Waals surface area contributed by atoms with Crippen molar-refractivity contribution in [3.05, 3.63) is 35.1 Å². The van der Waals surface area contributed by atoms with Crippen molar-refractivity contribution in [1.82, 2.24) is 10.3 Å². The molecule has 0 bridgehead atoms. The standard InChI is InChI=1S/C22H36N2/c1-7-17(20-15-24-21(9-3)19(20)8-2)11-16(5)12-22(6)13-18(14-22)23-10-4/h8-10,15-18,23-24H,4,7,11-14H2,1-3,5-6H3/b19-8-,21-9+. The Bertz CT molecular complexity index is 646. The van der Waals surface area contributed by atoms with E-state index in [1.54, 1.807) is 0 Å². The fraction of sp³-hybridized carbons (Fsp3) is 0.636. The molecule has 0 saturated heterocycles. The Balaban J connectivity index is 2.01. The smallest absolute Gasteiger partial charge is 0.0410 e. The zero-order valence-corrected chi connectivity index (χ0v) is 16.3. The van der Waals surface area contributed by atoms with Gasteiger partial charge in [-0.05, 0) is 80.2 Å². The van der Waals surface area contributed by atoms with E-state index in [-0.39, 0.29) is 0 Å². The van der Waals surface area contributed by atoms with Crippen LogP contribution in [0.1, 0.15) is 78.2 Å². The van der Waals surface area contributed by atoms with Crippen LogP contribution in [0.2, 0.25) is 0 Å². The van der Waals surface area contributed by atoms with Crippen LogP contribution >= 0.6 is 0 Å². The molecule has 1 aliphatic rings. The van der Waals surface area contributed by atoms with Gasteiger partial charge in [-0.15, -0.1) is 0 Å². The van der Waals surface area contributed by atoms with Gasteiger partial charge in [-0.1, -0.05) is 39.5 Å². The summed E-state index contributed by atoms with van der Waals surface area (Å²) in [6.45, 7) is 15.3. The van der Waals surface area contributed by atoms with Gasteiger partial charge >= 0.3 is 0 Å². The van der Waals surface area contributed by atoms with Crippen LogP contribution in [-0.2, 0) is 0 Å². The number of rotatable bonds is 8. The average Bonchev–Trinajstić information content (AvgIpc) is 2.94. The summed E-state index contributed by atoms with van der Waals surface area (Å²) in [5, 5.41) is 6.04. The number of nitrogens with one attached hydrogen (secondary N) is 2. The van der Waals surface area contributed by atoms with Gasteiger partial charge < -0.3 is 10.3 Å². The normalized spacial score (nSPS) is 27.6. The van der Waals surface area contributed by atoms with Crippen LogP contribution in [0.3, 0.4) is 0 Å². The number of H-pyrrole nitrogens is 1. The second-order valence-corrected chi connectivity index (χ2v) is 8.09. The summed E-state index contributed by atoms with van der Waals surface area (Å²) in [5.74, 6) is 1.42. The second-order valence-electron chi connectivity index (χ2n) is 8.09. The van der Waals surface area contributed by atoms with Gasteiger partial charge in [0.05, 0.1) is 0 Å². The molecule has 2 nitrogen and oxygen atoms in total. The molecule has 24 heavy (non-hydrogen) atoms. The minimum Gasteiger partial charge on any atom is -0.389 e. The van der Waals surface area contributed by atoms with Crippen molar-refractivity contribution in [3.8, 4) is 0 Å². The minimum absolute atomic E-state index is 0.512. The molecule has 2 unspecified atom stereocenters. The Morgan fingerprint density at radius 2 is 2.08 bits per heavy atom. The molecule has 1 fully saturated rings. The molecule has 1 aromatic heterocycles. The molecule has 0 amide bonds. The highest BCUT2D eigenvalue weighted by Gasteiger charge is 2.40. The maximum Gasteiger partial charge on any atom is 0.0410 e. The van der Waals surface area contributed by atoms with Gasteiger partial charge in [-0.2, -0.15) is 0 Å². The van der Waals surface area contributed by atoms with Crippen molar-refractivity contribution in [2.75, 3.05) is 0 Å². The summed E-state index contributed by atoms with van der Waals surface area (Å²) >= 11 is 0. The SMILES string of the molecule is C=CNC1CC(C)(CC(C)CC(CC)c2c[nH]c(=C/C)/c2=C\C)C1.